The molecule has 0 amide bonds. The molecule has 2 nitrogen and oxygen atoms in total. The molecule has 0 bridgehead atoms. The smallest absolute Gasteiger partial charge is 0.0687 e. The average molecular weight is 255 g/mol. The lowest BCUT2D eigenvalue weighted by atomic mass is 9.97. The van der Waals surface area contributed by atoms with E-state index in [1.807, 2.05) is 18.2 Å². The fraction of sp³-hybridized carbons (Fsp3) is 0.294. The summed E-state index contributed by atoms with van der Waals surface area (Å²) in [5.74, 6) is 0. The van der Waals surface area contributed by atoms with E-state index in [0.29, 0.717) is 6.04 Å². The summed E-state index contributed by atoms with van der Waals surface area (Å²) in [6.45, 7) is 2.27. The first kappa shape index (κ1) is 13.8. The van der Waals surface area contributed by atoms with Gasteiger partial charge >= 0.3 is 0 Å². The molecule has 100 valence electrons. The van der Waals surface area contributed by atoms with E-state index < -0.39 is 0 Å². The standard InChI is InChI=1S/C17H21NO/c1-13(18(2)3)14-8-10-15(11-9-14)17-7-5-4-6-16(17)12-19/h4-11,13,19H,12H2,1-3H3/t13-/m1/s1. The summed E-state index contributed by atoms with van der Waals surface area (Å²) in [6.07, 6.45) is 0. The van der Waals surface area contributed by atoms with E-state index in [2.05, 4.69) is 56.3 Å². The molecule has 0 heterocycles. The Morgan fingerprint density at radius 3 is 2.21 bits per heavy atom. The molecule has 0 aliphatic rings. The number of hydrogen-bond donors (Lipinski definition) is 1. The third kappa shape index (κ3) is 3.03. The van der Waals surface area contributed by atoms with Crippen LogP contribution in [0.1, 0.15) is 24.1 Å². The average Bonchev–Trinajstić information content (AvgIpc) is 2.46. The Labute approximate surface area is 115 Å². The topological polar surface area (TPSA) is 23.5 Å². The Hall–Kier alpha value is -1.64. The van der Waals surface area contributed by atoms with Crippen molar-refractivity contribution in [2.45, 2.75) is 19.6 Å². The van der Waals surface area contributed by atoms with Crippen LogP contribution < -0.4 is 0 Å². The fourth-order valence-corrected chi connectivity index (χ4v) is 2.18. The third-order valence-corrected chi connectivity index (χ3v) is 3.67. The van der Waals surface area contributed by atoms with Crippen molar-refractivity contribution in [3.05, 3.63) is 59.7 Å². The number of hydrogen-bond acceptors (Lipinski definition) is 2. The van der Waals surface area contributed by atoms with E-state index in [1.165, 1.54) is 5.56 Å². The number of aliphatic hydroxyl groups is 1. The van der Waals surface area contributed by atoms with Gasteiger partial charge in [-0.15, -0.1) is 0 Å². The molecule has 2 aromatic rings. The van der Waals surface area contributed by atoms with Crippen molar-refractivity contribution >= 4 is 0 Å². The summed E-state index contributed by atoms with van der Waals surface area (Å²) in [5, 5.41) is 9.39. The van der Waals surface area contributed by atoms with Crippen LogP contribution in [0.4, 0.5) is 0 Å². The predicted molar refractivity (Wildman–Crippen MR) is 79.9 cm³/mol. The largest absolute Gasteiger partial charge is 0.392 e. The summed E-state index contributed by atoms with van der Waals surface area (Å²) in [4.78, 5) is 2.19. The zero-order valence-corrected chi connectivity index (χ0v) is 11.8. The molecule has 0 radical (unpaired) electrons. The first-order chi connectivity index (χ1) is 9.13. The summed E-state index contributed by atoms with van der Waals surface area (Å²) in [5.41, 5.74) is 4.53. The second-order valence-electron chi connectivity index (χ2n) is 5.08. The molecule has 0 aliphatic carbocycles. The van der Waals surface area contributed by atoms with Gasteiger partial charge < -0.3 is 10.0 Å². The van der Waals surface area contributed by atoms with Gasteiger partial charge in [0, 0.05) is 6.04 Å². The highest BCUT2D eigenvalue weighted by molar-refractivity contribution is 5.67. The summed E-state index contributed by atoms with van der Waals surface area (Å²) >= 11 is 0. The normalized spacial score (nSPS) is 12.7. The van der Waals surface area contributed by atoms with Gasteiger partial charge in [-0.05, 0) is 43.3 Å². The Kier molecular flexibility index (Phi) is 4.35. The van der Waals surface area contributed by atoms with Crippen LogP contribution >= 0.6 is 0 Å². The lowest BCUT2D eigenvalue weighted by molar-refractivity contribution is 0.282. The Morgan fingerprint density at radius 1 is 1.00 bits per heavy atom. The van der Waals surface area contributed by atoms with E-state index in [9.17, 15) is 5.11 Å². The molecule has 0 aromatic heterocycles. The van der Waals surface area contributed by atoms with Gasteiger partial charge in [-0.25, -0.2) is 0 Å². The number of aliphatic hydroxyl groups excluding tert-OH is 1. The van der Waals surface area contributed by atoms with Gasteiger partial charge in [0.1, 0.15) is 0 Å². The first-order valence-corrected chi connectivity index (χ1v) is 6.59. The molecular weight excluding hydrogens is 234 g/mol. The zero-order valence-electron chi connectivity index (χ0n) is 11.8. The van der Waals surface area contributed by atoms with E-state index >= 15 is 0 Å². The highest BCUT2D eigenvalue weighted by Gasteiger charge is 2.08. The van der Waals surface area contributed by atoms with Crippen LogP contribution in [0.15, 0.2) is 48.5 Å². The number of rotatable bonds is 4. The third-order valence-electron chi connectivity index (χ3n) is 3.67. The molecule has 0 spiro atoms. The van der Waals surface area contributed by atoms with Crippen LogP contribution in [-0.4, -0.2) is 24.1 Å². The molecule has 0 fully saturated rings. The molecule has 0 saturated carbocycles. The minimum absolute atomic E-state index is 0.0754. The maximum atomic E-state index is 9.39. The molecule has 19 heavy (non-hydrogen) atoms. The molecule has 0 saturated heterocycles. The Bertz CT molecular complexity index is 531. The van der Waals surface area contributed by atoms with Crippen LogP contribution in [-0.2, 0) is 6.61 Å². The quantitative estimate of drug-likeness (QED) is 0.904. The van der Waals surface area contributed by atoms with E-state index in [4.69, 9.17) is 0 Å². The maximum absolute atomic E-state index is 9.39. The van der Waals surface area contributed by atoms with Crippen molar-refractivity contribution in [1.29, 1.82) is 0 Å². The van der Waals surface area contributed by atoms with Crippen LogP contribution in [0, 0.1) is 0 Å². The minimum Gasteiger partial charge on any atom is -0.392 e. The van der Waals surface area contributed by atoms with Crippen molar-refractivity contribution in [2.75, 3.05) is 14.1 Å². The lowest BCUT2D eigenvalue weighted by Crippen LogP contribution is -2.16. The first-order valence-electron chi connectivity index (χ1n) is 6.59. The Morgan fingerprint density at radius 2 is 1.63 bits per heavy atom. The van der Waals surface area contributed by atoms with Gasteiger partial charge in [-0.1, -0.05) is 48.5 Å². The van der Waals surface area contributed by atoms with Crippen molar-refractivity contribution in [3.8, 4) is 11.1 Å². The molecule has 2 rings (SSSR count). The fourth-order valence-electron chi connectivity index (χ4n) is 2.18. The monoisotopic (exact) mass is 255 g/mol. The van der Waals surface area contributed by atoms with Crippen molar-refractivity contribution in [2.24, 2.45) is 0 Å². The van der Waals surface area contributed by atoms with Crippen LogP contribution in [0.2, 0.25) is 0 Å². The molecule has 1 N–H and O–H groups in total. The second kappa shape index (κ2) is 6.00. The molecule has 0 unspecified atom stereocenters. The van der Waals surface area contributed by atoms with Gasteiger partial charge in [-0.2, -0.15) is 0 Å². The van der Waals surface area contributed by atoms with Gasteiger partial charge in [-0.3, -0.25) is 0 Å². The Balaban J connectivity index is 2.32. The van der Waals surface area contributed by atoms with E-state index in [0.717, 1.165) is 16.7 Å². The second-order valence-corrected chi connectivity index (χ2v) is 5.08. The van der Waals surface area contributed by atoms with Gasteiger partial charge in [0.15, 0.2) is 0 Å². The summed E-state index contributed by atoms with van der Waals surface area (Å²) < 4.78 is 0. The number of nitrogens with zero attached hydrogens (tertiary/aromatic N) is 1. The van der Waals surface area contributed by atoms with Crippen LogP contribution in [0.3, 0.4) is 0 Å². The van der Waals surface area contributed by atoms with Crippen LogP contribution in [0.25, 0.3) is 11.1 Å². The maximum Gasteiger partial charge on any atom is 0.0687 e. The van der Waals surface area contributed by atoms with Crippen molar-refractivity contribution in [3.63, 3.8) is 0 Å². The summed E-state index contributed by atoms with van der Waals surface area (Å²) in [7, 11) is 4.17. The molecular formula is C17H21NO. The molecule has 0 aliphatic heterocycles. The number of benzene rings is 2. The molecule has 1 atom stereocenters. The predicted octanol–water partition coefficient (Wildman–Crippen LogP) is 3.47. The van der Waals surface area contributed by atoms with Gasteiger partial charge in [0.05, 0.1) is 6.61 Å². The van der Waals surface area contributed by atoms with Crippen molar-refractivity contribution in [1.82, 2.24) is 4.90 Å². The summed E-state index contributed by atoms with van der Waals surface area (Å²) in [6, 6.07) is 17.0. The van der Waals surface area contributed by atoms with E-state index in [-0.39, 0.29) is 6.61 Å². The molecule has 2 aromatic carbocycles. The zero-order chi connectivity index (χ0) is 13.8. The van der Waals surface area contributed by atoms with Crippen LogP contribution in [0.5, 0.6) is 0 Å². The minimum atomic E-state index is 0.0754. The highest BCUT2D eigenvalue weighted by Crippen LogP contribution is 2.26. The van der Waals surface area contributed by atoms with Gasteiger partial charge in [0.25, 0.3) is 0 Å². The van der Waals surface area contributed by atoms with Gasteiger partial charge in [0.2, 0.25) is 0 Å². The molecule has 2 heteroatoms. The SMILES string of the molecule is C[C@H](c1ccc(-c2ccccc2CO)cc1)N(C)C. The lowest BCUT2D eigenvalue weighted by Gasteiger charge is -2.20. The highest BCUT2D eigenvalue weighted by atomic mass is 16.3. The van der Waals surface area contributed by atoms with E-state index in [1.54, 1.807) is 0 Å². The van der Waals surface area contributed by atoms with Crippen molar-refractivity contribution < 1.29 is 5.11 Å².